The largest absolute Gasteiger partial charge is 0.377 e. The van der Waals surface area contributed by atoms with Gasteiger partial charge in [0.1, 0.15) is 0 Å². The second-order valence-corrected chi connectivity index (χ2v) is 5.45. The zero-order valence-corrected chi connectivity index (χ0v) is 12.0. The Hall–Kier alpha value is -2.21. The highest BCUT2D eigenvalue weighted by molar-refractivity contribution is 7.11. The summed E-state index contributed by atoms with van der Waals surface area (Å²) in [6, 6.07) is 5.81. The fraction of sp³-hybridized carbons (Fsp3) is 0.214. The minimum Gasteiger partial charge on any atom is -0.377 e. The number of hydrogen-bond acceptors (Lipinski definition) is 5. The molecular weight excluding hydrogens is 270 g/mol. The summed E-state index contributed by atoms with van der Waals surface area (Å²) in [5.74, 6) is 0.803. The van der Waals surface area contributed by atoms with Gasteiger partial charge in [-0.1, -0.05) is 6.92 Å². The predicted octanol–water partition coefficient (Wildman–Crippen LogP) is 2.90. The second kappa shape index (κ2) is 5.83. The number of nitrogens with one attached hydrogen (secondary N) is 1. The minimum atomic E-state index is 0.748. The van der Waals surface area contributed by atoms with E-state index >= 15 is 0 Å². The van der Waals surface area contributed by atoms with Gasteiger partial charge >= 0.3 is 0 Å². The van der Waals surface area contributed by atoms with Crippen molar-refractivity contribution in [2.45, 2.75) is 19.9 Å². The molecule has 0 aliphatic heterocycles. The van der Waals surface area contributed by atoms with Gasteiger partial charge in [0, 0.05) is 29.7 Å². The third-order valence-electron chi connectivity index (χ3n) is 2.87. The molecule has 0 saturated carbocycles. The molecule has 20 heavy (non-hydrogen) atoms. The molecular formula is C14H15N5S. The Kier molecular flexibility index (Phi) is 3.73. The SMILES string of the molecule is CCc1ncc(CNc2cccnc2-n2cccn2)s1. The third-order valence-corrected chi connectivity index (χ3v) is 4.01. The van der Waals surface area contributed by atoms with Crippen LogP contribution in [0.15, 0.2) is 43.0 Å². The quantitative estimate of drug-likeness (QED) is 0.783. The molecule has 3 aromatic heterocycles. The zero-order chi connectivity index (χ0) is 13.8. The Labute approximate surface area is 121 Å². The Morgan fingerprint density at radius 1 is 1.25 bits per heavy atom. The van der Waals surface area contributed by atoms with Crippen LogP contribution in [0.4, 0.5) is 5.69 Å². The van der Waals surface area contributed by atoms with Gasteiger partial charge in [0.15, 0.2) is 5.82 Å². The van der Waals surface area contributed by atoms with E-state index in [2.05, 4.69) is 27.3 Å². The van der Waals surface area contributed by atoms with Crippen LogP contribution in [0.3, 0.4) is 0 Å². The van der Waals surface area contributed by atoms with Crippen LogP contribution in [-0.2, 0) is 13.0 Å². The lowest BCUT2D eigenvalue weighted by Crippen LogP contribution is -2.05. The summed E-state index contributed by atoms with van der Waals surface area (Å²) in [6.45, 7) is 2.87. The lowest BCUT2D eigenvalue weighted by molar-refractivity contribution is 0.846. The maximum Gasteiger partial charge on any atom is 0.176 e. The molecule has 102 valence electrons. The highest BCUT2D eigenvalue weighted by atomic mass is 32.1. The highest BCUT2D eigenvalue weighted by Gasteiger charge is 2.06. The molecule has 5 nitrogen and oxygen atoms in total. The number of anilines is 1. The summed E-state index contributed by atoms with van der Waals surface area (Å²) in [5, 5.41) is 8.79. The summed E-state index contributed by atoms with van der Waals surface area (Å²) in [6.07, 6.45) is 8.31. The van der Waals surface area contributed by atoms with Crippen LogP contribution in [0.5, 0.6) is 0 Å². The molecule has 6 heteroatoms. The monoisotopic (exact) mass is 285 g/mol. The summed E-state index contributed by atoms with van der Waals surface area (Å²) in [7, 11) is 0. The molecule has 0 unspecified atom stereocenters. The molecule has 0 saturated heterocycles. The first-order chi connectivity index (χ1) is 9.86. The summed E-state index contributed by atoms with van der Waals surface area (Å²) in [5.41, 5.74) is 0.961. The van der Waals surface area contributed by atoms with Crippen LogP contribution in [0, 0.1) is 0 Å². The van der Waals surface area contributed by atoms with E-state index in [4.69, 9.17) is 0 Å². The first-order valence-corrected chi connectivity index (χ1v) is 7.31. The maximum absolute atomic E-state index is 4.38. The lowest BCUT2D eigenvalue weighted by atomic mass is 10.3. The second-order valence-electron chi connectivity index (χ2n) is 4.25. The summed E-state index contributed by atoms with van der Waals surface area (Å²) < 4.78 is 1.76. The van der Waals surface area contributed by atoms with Gasteiger partial charge in [-0.25, -0.2) is 14.6 Å². The number of rotatable bonds is 5. The molecule has 0 aliphatic carbocycles. The van der Waals surface area contributed by atoms with Gasteiger partial charge in [-0.05, 0) is 24.6 Å². The highest BCUT2D eigenvalue weighted by Crippen LogP contribution is 2.19. The average molecular weight is 285 g/mol. The molecule has 0 radical (unpaired) electrons. The molecule has 0 amide bonds. The topological polar surface area (TPSA) is 55.6 Å². The summed E-state index contributed by atoms with van der Waals surface area (Å²) in [4.78, 5) is 9.96. The molecule has 0 atom stereocenters. The minimum absolute atomic E-state index is 0.748. The first kappa shape index (κ1) is 12.8. The van der Waals surface area contributed by atoms with Crippen LogP contribution in [0.1, 0.15) is 16.8 Å². The van der Waals surface area contributed by atoms with Gasteiger partial charge in [-0.15, -0.1) is 11.3 Å². The third kappa shape index (κ3) is 2.70. The van der Waals surface area contributed by atoms with Crippen molar-refractivity contribution in [3.63, 3.8) is 0 Å². The molecule has 3 heterocycles. The van der Waals surface area contributed by atoms with Gasteiger partial charge < -0.3 is 5.32 Å². The van der Waals surface area contributed by atoms with Gasteiger partial charge in [0.25, 0.3) is 0 Å². The number of aromatic nitrogens is 4. The van der Waals surface area contributed by atoms with E-state index in [0.29, 0.717) is 0 Å². The van der Waals surface area contributed by atoms with E-state index in [9.17, 15) is 0 Å². The number of nitrogens with zero attached hydrogens (tertiary/aromatic N) is 4. The van der Waals surface area contributed by atoms with Crippen molar-refractivity contribution >= 4 is 17.0 Å². The molecule has 0 spiro atoms. The van der Waals surface area contributed by atoms with Crippen molar-refractivity contribution in [3.8, 4) is 5.82 Å². The summed E-state index contributed by atoms with van der Waals surface area (Å²) >= 11 is 1.74. The van der Waals surface area contributed by atoms with E-state index < -0.39 is 0 Å². The van der Waals surface area contributed by atoms with Gasteiger partial charge in [0.05, 0.1) is 17.2 Å². The first-order valence-electron chi connectivity index (χ1n) is 6.49. The fourth-order valence-corrected chi connectivity index (χ4v) is 2.69. The van der Waals surface area contributed by atoms with Crippen LogP contribution in [0.2, 0.25) is 0 Å². The average Bonchev–Trinajstić information content (AvgIpc) is 3.17. The lowest BCUT2D eigenvalue weighted by Gasteiger charge is -2.09. The Morgan fingerprint density at radius 2 is 2.20 bits per heavy atom. The zero-order valence-electron chi connectivity index (χ0n) is 11.2. The molecule has 0 fully saturated rings. The van der Waals surface area contributed by atoms with Crippen molar-refractivity contribution in [2.75, 3.05) is 5.32 Å². The normalized spacial score (nSPS) is 10.7. The van der Waals surface area contributed by atoms with E-state index in [1.165, 1.54) is 9.88 Å². The predicted molar refractivity (Wildman–Crippen MR) is 80.2 cm³/mol. The van der Waals surface area contributed by atoms with Crippen LogP contribution in [-0.4, -0.2) is 19.7 Å². The van der Waals surface area contributed by atoms with Crippen molar-refractivity contribution in [1.82, 2.24) is 19.7 Å². The van der Waals surface area contributed by atoms with Crippen molar-refractivity contribution in [2.24, 2.45) is 0 Å². The van der Waals surface area contributed by atoms with Crippen molar-refractivity contribution in [1.29, 1.82) is 0 Å². The Bertz CT molecular complexity index is 674. The number of hydrogen-bond donors (Lipinski definition) is 1. The van der Waals surface area contributed by atoms with E-state index in [1.807, 2.05) is 30.6 Å². The fourth-order valence-electron chi connectivity index (χ4n) is 1.89. The van der Waals surface area contributed by atoms with Crippen LogP contribution < -0.4 is 5.32 Å². The van der Waals surface area contributed by atoms with E-state index in [1.54, 1.807) is 28.4 Å². The Balaban J connectivity index is 1.77. The van der Waals surface area contributed by atoms with Gasteiger partial charge in [0.2, 0.25) is 0 Å². The van der Waals surface area contributed by atoms with Gasteiger partial charge in [-0.3, -0.25) is 0 Å². The molecule has 0 aromatic carbocycles. The van der Waals surface area contributed by atoms with Crippen LogP contribution in [0.25, 0.3) is 5.82 Å². The molecule has 0 aliphatic rings. The van der Waals surface area contributed by atoms with Crippen molar-refractivity contribution in [3.05, 3.63) is 52.9 Å². The molecule has 1 N–H and O–H groups in total. The number of aryl methyl sites for hydroxylation is 1. The molecule has 3 aromatic rings. The molecule has 3 rings (SSSR count). The van der Waals surface area contributed by atoms with Crippen molar-refractivity contribution < 1.29 is 0 Å². The molecule has 0 bridgehead atoms. The number of pyridine rings is 1. The smallest absolute Gasteiger partial charge is 0.176 e. The van der Waals surface area contributed by atoms with Gasteiger partial charge in [-0.2, -0.15) is 5.10 Å². The Morgan fingerprint density at radius 3 is 2.95 bits per heavy atom. The van der Waals surface area contributed by atoms with E-state index in [0.717, 1.165) is 24.5 Å². The maximum atomic E-state index is 4.38. The van der Waals surface area contributed by atoms with E-state index in [-0.39, 0.29) is 0 Å². The van der Waals surface area contributed by atoms with Crippen LogP contribution >= 0.6 is 11.3 Å². The number of thiazole rings is 1. The standard InChI is InChI=1S/C14H15N5S/c1-2-13-17-10-11(20-13)9-16-12-5-3-6-15-14(12)19-8-4-7-18-19/h3-8,10,16H,2,9H2,1H3.